The van der Waals surface area contributed by atoms with Gasteiger partial charge in [-0.25, -0.2) is 9.89 Å². The van der Waals surface area contributed by atoms with Gasteiger partial charge in [0.05, 0.1) is 18.4 Å². The van der Waals surface area contributed by atoms with Crippen LogP contribution in [0.5, 0.6) is 0 Å². The average molecular weight is 438 g/mol. The minimum Gasteiger partial charge on any atom is -0.444 e. The van der Waals surface area contributed by atoms with Gasteiger partial charge < -0.3 is 20.3 Å². The summed E-state index contributed by atoms with van der Waals surface area (Å²) in [6.45, 7) is 1.10. The van der Waals surface area contributed by atoms with Crippen LogP contribution in [-0.4, -0.2) is 53.5 Å². The molecule has 0 bridgehead atoms. The summed E-state index contributed by atoms with van der Waals surface area (Å²) in [5.41, 5.74) is 0.116. The lowest BCUT2D eigenvalue weighted by molar-refractivity contribution is -0.128. The maximum Gasteiger partial charge on any atom is 0.407 e. The Bertz CT molecular complexity index is 835. The molecule has 0 radical (unpaired) electrons. The molecule has 0 spiro atoms. The number of H-pyrrole nitrogens is 1. The summed E-state index contributed by atoms with van der Waals surface area (Å²) in [4.78, 5) is 37.9. The molecule has 2 saturated carbocycles. The van der Waals surface area contributed by atoms with Crippen molar-refractivity contribution in [2.45, 2.75) is 69.6 Å². The number of hydrogen-bond acceptors (Lipinski definition) is 6. The molecular weight excluding hydrogens is 410 g/mol. The number of aromatic nitrogens is 2. The molecular formula is C20H28ClN5O4. The van der Waals surface area contributed by atoms with Crippen LogP contribution < -0.4 is 21.1 Å². The molecule has 9 nitrogen and oxygen atoms in total. The number of rotatable bonds is 5. The van der Waals surface area contributed by atoms with E-state index in [4.69, 9.17) is 16.3 Å². The summed E-state index contributed by atoms with van der Waals surface area (Å²) < 4.78 is 5.57. The smallest absolute Gasteiger partial charge is 0.407 e. The zero-order valence-corrected chi connectivity index (χ0v) is 17.6. The first-order chi connectivity index (χ1) is 14.5. The number of carbonyl (C=O) groups excluding carboxylic acids is 2. The van der Waals surface area contributed by atoms with Gasteiger partial charge in [-0.3, -0.25) is 9.59 Å². The van der Waals surface area contributed by atoms with Gasteiger partial charge in [-0.15, -0.1) is 0 Å². The number of alkyl carbamates (subject to hydrolysis) is 1. The van der Waals surface area contributed by atoms with Crippen molar-refractivity contribution in [2.24, 2.45) is 5.92 Å². The molecule has 0 aromatic carbocycles. The van der Waals surface area contributed by atoms with Crippen LogP contribution in [0.15, 0.2) is 11.0 Å². The van der Waals surface area contributed by atoms with Gasteiger partial charge in [-0.2, -0.15) is 5.10 Å². The third kappa shape index (κ3) is 4.88. The molecule has 3 aliphatic rings. The number of aromatic amines is 1. The monoisotopic (exact) mass is 437 g/mol. The third-order valence-corrected chi connectivity index (χ3v) is 6.77. The Labute approximate surface area is 179 Å². The molecule has 164 valence electrons. The van der Waals surface area contributed by atoms with Gasteiger partial charge in [0.25, 0.3) is 5.56 Å². The SMILES string of the molecule is O=C(N[C@H]1CC[C@H](NC(=O)C2CCC2)CC1)O[C@@H]1CCN(c2cn[nH]c(=O)c2Cl)C1. The predicted molar refractivity (Wildman–Crippen MR) is 112 cm³/mol. The van der Waals surface area contributed by atoms with E-state index in [1.54, 1.807) is 0 Å². The second-order valence-electron chi connectivity index (χ2n) is 8.49. The largest absolute Gasteiger partial charge is 0.444 e. The molecule has 1 atom stereocenters. The van der Waals surface area contributed by atoms with E-state index in [9.17, 15) is 14.4 Å². The minimum absolute atomic E-state index is 0.0678. The van der Waals surface area contributed by atoms with Crippen LogP contribution in [0.25, 0.3) is 0 Å². The van der Waals surface area contributed by atoms with Gasteiger partial charge in [-0.05, 0) is 38.5 Å². The number of ether oxygens (including phenoxy) is 1. The summed E-state index contributed by atoms with van der Waals surface area (Å²) in [6.07, 6.45) is 8.06. The summed E-state index contributed by atoms with van der Waals surface area (Å²) in [5.74, 6) is 0.403. The van der Waals surface area contributed by atoms with Crippen molar-refractivity contribution in [3.8, 4) is 0 Å². The zero-order valence-electron chi connectivity index (χ0n) is 16.9. The lowest BCUT2D eigenvalue weighted by atomic mass is 9.84. The van der Waals surface area contributed by atoms with Crippen molar-refractivity contribution in [3.63, 3.8) is 0 Å². The van der Waals surface area contributed by atoms with Crippen LogP contribution >= 0.6 is 11.6 Å². The van der Waals surface area contributed by atoms with Crippen LogP contribution in [0, 0.1) is 5.92 Å². The van der Waals surface area contributed by atoms with E-state index in [1.807, 2.05) is 4.90 Å². The number of hydrogen-bond donors (Lipinski definition) is 3. The fraction of sp³-hybridized carbons (Fsp3) is 0.700. The Hall–Kier alpha value is -2.29. The van der Waals surface area contributed by atoms with Gasteiger partial charge in [-0.1, -0.05) is 18.0 Å². The van der Waals surface area contributed by atoms with E-state index in [0.29, 0.717) is 25.2 Å². The van der Waals surface area contributed by atoms with Gasteiger partial charge in [0.1, 0.15) is 11.1 Å². The quantitative estimate of drug-likeness (QED) is 0.648. The maximum atomic E-state index is 12.3. The Morgan fingerprint density at radius 3 is 2.47 bits per heavy atom. The first-order valence-corrected chi connectivity index (χ1v) is 11.1. The van der Waals surface area contributed by atoms with E-state index in [2.05, 4.69) is 20.8 Å². The molecule has 4 rings (SSSR count). The molecule has 10 heteroatoms. The molecule has 30 heavy (non-hydrogen) atoms. The molecule has 0 unspecified atom stereocenters. The Kier molecular flexibility index (Phi) is 6.46. The van der Waals surface area contributed by atoms with E-state index < -0.39 is 11.7 Å². The van der Waals surface area contributed by atoms with E-state index in [1.165, 1.54) is 6.20 Å². The molecule has 1 aromatic rings. The molecule has 1 aliphatic heterocycles. The zero-order chi connectivity index (χ0) is 21.1. The lowest BCUT2D eigenvalue weighted by Crippen LogP contribution is -2.46. The highest BCUT2D eigenvalue weighted by atomic mass is 35.5. The standard InChI is InChI=1S/C20H28ClN5O4/c21-17-16(10-22-25-19(17)28)26-9-8-15(11-26)30-20(29)24-14-6-4-13(5-7-14)23-18(27)12-2-1-3-12/h10,12-15H,1-9,11H2,(H,23,27)(H,24,29)(H,25,28)/t13-,14-,15-/m1/s1. The van der Waals surface area contributed by atoms with Crippen molar-refractivity contribution >= 4 is 29.3 Å². The lowest BCUT2D eigenvalue weighted by Gasteiger charge is -2.32. The van der Waals surface area contributed by atoms with Gasteiger partial charge in [0.15, 0.2) is 0 Å². The van der Waals surface area contributed by atoms with E-state index in [0.717, 1.165) is 44.9 Å². The molecule has 1 saturated heterocycles. The average Bonchev–Trinajstić information content (AvgIpc) is 3.12. The summed E-state index contributed by atoms with van der Waals surface area (Å²) >= 11 is 6.06. The van der Waals surface area contributed by atoms with Gasteiger partial charge in [0, 0.05) is 31.0 Å². The number of nitrogens with one attached hydrogen (secondary N) is 3. The second kappa shape index (κ2) is 9.24. The van der Waals surface area contributed by atoms with Crippen molar-refractivity contribution in [3.05, 3.63) is 21.6 Å². The number of amides is 2. The fourth-order valence-electron chi connectivity index (χ4n) is 4.36. The highest BCUT2D eigenvalue weighted by Crippen LogP contribution is 2.28. The Balaban J connectivity index is 1.18. The maximum absolute atomic E-state index is 12.3. The Morgan fingerprint density at radius 1 is 1.10 bits per heavy atom. The van der Waals surface area contributed by atoms with Crippen molar-refractivity contribution in [2.75, 3.05) is 18.0 Å². The molecule has 2 heterocycles. The molecule has 2 amide bonds. The van der Waals surface area contributed by atoms with Crippen LogP contribution in [0.2, 0.25) is 5.02 Å². The molecule has 2 aliphatic carbocycles. The fourth-order valence-corrected chi connectivity index (χ4v) is 4.57. The predicted octanol–water partition coefficient (Wildman–Crippen LogP) is 1.96. The summed E-state index contributed by atoms with van der Waals surface area (Å²) in [6, 6.07) is 0.279. The summed E-state index contributed by atoms with van der Waals surface area (Å²) in [5, 5.41) is 12.3. The van der Waals surface area contributed by atoms with Crippen molar-refractivity contribution in [1.82, 2.24) is 20.8 Å². The number of carbonyl (C=O) groups is 2. The molecule has 3 N–H and O–H groups in total. The highest BCUT2D eigenvalue weighted by Gasteiger charge is 2.31. The number of halogens is 1. The van der Waals surface area contributed by atoms with Crippen LogP contribution in [0.4, 0.5) is 10.5 Å². The van der Waals surface area contributed by atoms with Crippen LogP contribution in [0.1, 0.15) is 51.4 Å². The van der Waals surface area contributed by atoms with Crippen molar-refractivity contribution < 1.29 is 14.3 Å². The first kappa shape index (κ1) is 21.0. The summed E-state index contributed by atoms with van der Waals surface area (Å²) in [7, 11) is 0. The second-order valence-corrected chi connectivity index (χ2v) is 8.87. The van der Waals surface area contributed by atoms with Crippen LogP contribution in [0.3, 0.4) is 0 Å². The normalized spacial score (nSPS) is 26.7. The van der Waals surface area contributed by atoms with Gasteiger partial charge in [0.2, 0.25) is 5.91 Å². The van der Waals surface area contributed by atoms with Gasteiger partial charge >= 0.3 is 6.09 Å². The first-order valence-electron chi connectivity index (χ1n) is 10.7. The molecule has 3 fully saturated rings. The van der Waals surface area contributed by atoms with E-state index >= 15 is 0 Å². The topological polar surface area (TPSA) is 116 Å². The number of anilines is 1. The van der Waals surface area contributed by atoms with E-state index in [-0.39, 0.29) is 35.0 Å². The van der Waals surface area contributed by atoms with Crippen LogP contribution in [-0.2, 0) is 9.53 Å². The minimum atomic E-state index is -0.434. The molecule has 1 aromatic heterocycles. The highest BCUT2D eigenvalue weighted by molar-refractivity contribution is 6.33. The number of nitrogens with zero attached hydrogens (tertiary/aromatic N) is 2. The third-order valence-electron chi connectivity index (χ3n) is 6.41. The Morgan fingerprint density at radius 2 is 1.80 bits per heavy atom. The van der Waals surface area contributed by atoms with Crippen molar-refractivity contribution in [1.29, 1.82) is 0 Å².